The van der Waals surface area contributed by atoms with Crippen LogP contribution in [0.2, 0.25) is 0 Å². The van der Waals surface area contributed by atoms with Crippen LogP contribution in [0.1, 0.15) is 31.2 Å². The second-order valence-electron chi connectivity index (χ2n) is 9.05. The van der Waals surface area contributed by atoms with Gasteiger partial charge in [-0.2, -0.15) is 0 Å². The van der Waals surface area contributed by atoms with E-state index in [9.17, 15) is 4.39 Å². The van der Waals surface area contributed by atoms with Crippen LogP contribution < -0.4 is 10.1 Å². The SMILES string of the molecule is Fc1ccc(-c2nc3c(OCc4ccccc4)cccn3c2-c2ccnc(NC3CCCC3)n2)cc1. The Labute approximate surface area is 208 Å². The molecule has 1 N–H and O–H groups in total. The average Bonchev–Trinajstić information content (AvgIpc) is 3.57. The molecule has 0 saturated heterocycles. The Kier molecular flexibility index (Phi) is 6.03. The monoisotopic (exact) mass is 479 g/mol. The lowest BCUT2D eigenvalue weighted by atomic mass is 10.1. The van der Waals surface area contributed by atoms with Crippen LogP contribution in [-0.4, -0.2) is 25.4 Å². The van der Waals surface area contributed by atoms with Crippen molar-refractivity contribution in [3.63, 3.8) is 0 Å². The molecule has 7 heteroatoms. The number of rotatable bonds is 7. The average molecular weight is 480 g/mol. The van der Waals surface area contributed by atoms with Gasteiger partial charge < -0.3 is 10.1 Å². The van der Waals surface area contributed by atoms with Gasteiger partial charge in [0, 0.05) is 24.0 Å². The van der Waals surface area contributed by atoms with Crippen molar-refractivity contribution in [1.29, 1.82) is 0 Å². The number of nitrogens with zero attached hydrogens (tertiary/aromatic N) is 4. The van der Waals surface area contributed by atoms with E-state index in [0.717, 1.165) is 35.4 Å². The first-order valence-electron chi connectivity index (χ1n) is 12.3. The van der Waals surface area contributed by atoms with Gasteiger partial charge in [-0.05, 0) is 60.9 Å². The van der Waals surface area contributed by atoms with E-state index in [1.54, 1.807) is 18.3 Å². The fourth-order valence-corrected chi connectivity index (χ4v) is 4.76. The van der Waals surface area contributed by atoms with Crippen LogP contribution in [0.3, 0.4) is 0 Å². The maximum atomic E-state index is 13.7. The zero-order chi connectivity index (χ0) is 24.3. The molecule has 0 radical (unpaired) electrons. The number of hydrogen-bond acceptors (Lipinski definition) is 5. The zero-order valence-corrected chi connectivity index (χ0v) is 19.8. The van der Waals surface area contributed by atoms with E-state index in [2.05, 4.69) is 10.3 Å². The molecule has 36 heavy (non-hydrogen) atoms. The van der Waals surface area contributed by atoms with Gasteiger partial charge in [-0.3, -0.25) is 4.40 Å². The fraction of sp³-hybridized carbons (Fsp3) is 0.207. The van der Waals surface area contributed by atoms with Crippen molar-refractivity contribution in [1.82, 2.24) is 19.4 Å². The first-order valence-corrected chi connectivity index (χ1v) is 12.3. The summed E-state index contributed by atoms with van der Waals surface area (Å²) >= 11 is 0. The molecule has 6 rings (SSSR count). The Morgan fingerprint density at radius 2 is 1.72 bits per heavy atom. The van der Waals surface area contributed by atoms with E-state index in [1.807, 2.05) is 59.1 Å². The van der Waals surface area contributed by atoms with Gasteiger partial charge >= 0.3 is 0 Å². The lowest BCUT2D eigenvalue weighted by molar-refractivity contribution is 0.308. The molecular formula is C29H26FN5O. The molecule has 1 aliphatic rings. The maximum absolute atomic E-state index is 13.7. The van der Waals surface area contributed by atoms with Crippen molar-refractivity contribution in [3.8, 4) is 28.4 Å². The van der Waals surface area contributed by atoms with Crippen LogP contribution in [0.15, 0.2) is 85.2 Å². The highest BCUT2D eigenvalue weighted by molar-refractivity contribution is 5.82. The predicted molar refractivity (Wildman–Crippen MR) is 138 cm³/mol. The second-order valence-corrected chi connectivity index (χ2v) is 9.05. The Balaban J connectivity index is 1.44. The van der Waals surface area contributed by atoms with E-state index in [1.165, 1.54) is 25.0 Å². The van der Waals surface area contributed by atoms with Gasteiger partial charge in [0.2, 0.25) is 5.95 Å². The van der Waals surface area contributed by atoms with Crippen molar-refractivity contribution >= 4 is 11.6 Å². The molecule has 0 aliphatic heterocycles. The molecule has 1 fully saturated rings. The van der Waals surface area contributed by atoms with Crippen molar-refractivity contribution in [3.05, 3.63) is 96.6 Å². The highest BCUT2D eigenvalue weighted by Crippen LogP contribution is 2.35. The van der Waals surface area contributed by atoms with E-state index in [-0.39, 0.29) is 5.82 Å². The quantitative estimate of drug-likeness (QED) is 0.287. The lowest BCUT2D eigenvalue weighted by Gasteiger charge is -2.13. The van der Waals surface area contributed by atoms with Crippen molar-refractivity contribution in [2.45, 2.75) is 38.3 Å². The summed E-state index contributed by atoms with van der Waals surface area (Å²) in [7, 11) is 0. The summed E-state index contributed by atoms with van der Waals surface area (Å²) in [6, 6.07) is 22.5. The summed E-state index contributed by atoms with van der Waals surface area (Å²) in [6.07, 6.45) is 8.43. The number of pyridine rings is 1. The molecule has 5 aromatic rings. The topological polar surface area (TPSA) is 64.3 Å². The van der Waals surface area contributed by atoms with Gasteiger partial charge in [0.25, 0.3) is 0 Å². The molecule has 3 aromatic heterocycles. The molecule has 0 amide bonds. The molecule has 6 nitrogen and oxygen atoms in total. The number of imidazole rings is 1. The molecule has 3 heterocycles. The molecule has 1 aliphatic carbocycles. The van der Waals surface area contributed by atoms with Gasteiger partial charge in [0.1, 0.15) is 12.4 Å². The van der Waals surface area contributed by atoms with Gasteiger partial charge in [-0.1, -0.05) is 43.2 Å². The summed E-state index contributed by atoms with van der Waals surface area (Å²) in [6.45, 7) is 0.428. The first kappa shape index (κ1) is 22.2. The predicted octanol–water partition coefficient (Wildman–Crippen LogP) is 6.53. The molecule has 2 aromatic carbocycles. The van der Waals surface area contributed by atoms with Crippen LogP contribution >= 0.6 is 0 Å². The third-order valence-electron chi connectivity index (χ3n) is 6.56. The van der Waals surface area contributed by atoms with Gasteiger partial charge in [0.05, 0.1) is 17.1 Å². The number of nitrogens with one attached hydrogen (secondary N) is 1. The lowest BCUT2D eigenvalue weighted by Crippen LogP contribution is -2.16. The Morgan fingerprint density at radius 3 is 2.53 bits per heavy atom. The smallest absolute Gasteiger partial charge is 0.223 e. The van der Waals surface area contributed by atoms with Crippen molar-refractivity contribution in [2.75, 3.05) is 5.32 Å². The van der Waals surface area contributed by atoms with Crippen molar-refractivity contribution in [2.24, 2.45) is 0 Å². The number of hydrogen-bond donors (Lipinski definition) is 1. The minimum atomic E-state index is -0.291. The van der Waals surface area contributed by atoms with E-state index >= 15 is 0 Å². The molecule has 0 spiro atoms. The molecule has 180 valence electrons. The van der Waals surface area contributed by atoms with Gasteiger partial charge in [-0.15, -0.1) is 0 Å². The standard InChI is InChI=1S/C29H26FN5O/c30-22-14-12-21(13-15-22)26-27(24-16-17-31-29(33-24)32-23-9-4-5-10-23)35-18-6-11-25(28(35)34-26)36-19-20-7-2-1-3-8-20/h1-3,6-8,11-18,23H,4-5,9-10,19H2,(H,31,32,33). The van der Waals surface area contributed by atoms with Crippen LogP contribution in [0.4, 0.5) is 10.3 Å². The Hall–Kier alpha value is -4.26. The van der Waals surface area contributed by atoms with E-state index in [0.29, 0.717) is 35.7 Å². The summed E-state index contributed by atoms with van der Waals surface area (Å²) in [5.74, 6) is 0.978. The van der Waals surface area contributed by atoms with Crippen molar-refractivity contribution < 1.29 is 9.13 Å². The van der Waals surface area contributed by atoms with Crippen LogP contribution in [-0.2, 0) is 6.61 Å². The summed E-state index contributed by atoms with van der Waals surface area (Å²) in [5.41, 5.74) is 4.79. The fourth-order valence-electron chi connectivity index (χ4n) is 4.76. The molecule has 0 unspecified atom stereocenters. The van der Waals surface area contributed by atoms with Gasteiger partial charge in [-0.25, -0.2) is 19.3 Å². The largest absolute Gasteiger partial charge is 0.485 e. The molecule has 0 atom stereocenters. The summed E-state index contributed by atoms with van der Waals surface area (Å²) in [5, 5.41) is 3.48. The number of ether oxygens (including phenoxy) is 1. The maximum Gasteiger partial charge on any atom is 0.223 e. The first-order chi connectivity index (χ1) is 17.7. The minimum Gasteiger partial charge on any atom is -0.485 e. The number of benzene rings is 2. The van der Waals surface area contributed by atoms with E-state index < -0.39 is 0 Å². The number of aromatic nitrogens is 4. The highest BCUT2D eigenvalue weighted by Gasteiger charge is 2.21. The number of anilines is 1. The molecular weight excluding hydrogens is 453 g/mol. The third kappa shape index (κ3) is 4.52. The van der Waals surface area contributed by atoms with Crippen LogP contribution in [0.25, 0.3) is 28.3 Å². The van der Waals surface area contributed by atoms with Gasteiger partial charge in [0.15, 0.2) is 11.4 Å². The van der Waals surface area contributed by atoms with Crippen LogP contribution in [0, 0.1) is 5.82 Å². The number of halogens is 1. The molecule has 0 bridgehead atoms. The molecule has 1 saturated carbocycles. The minimum absolute atomic E-state index is 0.291. The summed E-state index contributed by atoms with van der Waals surface area (Å²) in [4.78, 5) is 14.3. The Bertz CT molecular complexity index is 1480. The summed E-state index contributed by atoms with van der Waals surface area (Å²) < 4.78 is 21.9. The Morgan fingerprint density at radius 1 is 0.917 bits per heavy atom. The third-order valence-corrected chi connectivity index (χ3v) is 6.56. The zero-order valence-electron chi connectivity index (χ0n) is 19.8. The van der Waals surface area contributed by atoms with Crippen LogP contribution in [0.5, 0.6) is 5.75 Å². The number of fused-ring (bicyclic) bond motifs is 1. The van der Waals surface area contributed by atoms with E-state index in [4.69, 9.17) is 14.7 Å². The second kappa shape index (κ2) is 9.77. The normalized spacial score (nSPS) is 13.8. The highest BCUT2D eigenvalue weighted by atomic mass is 19.1.